The fourth-order valence-corrected chi connectivity index (χ4v) is 2.43. The summed E-state index contributed by atoms with van der Waals surface area (Å²) in [5.74, 6) is -0.383. The second-order valence-electron chi connectivity index (χ2n) is 5.59. The predicted molar refractivity (Wildman–Crippen MR) is 98.9 cm³/mol. The lowest BCUT2D eigenvalue weighted by atomic mass is 10.1. The summed E-state index contributed by atoms with van der Waals surface area (Å²) in [7, 11) is 1.54. The van der Waals surface area contributed by atoms with Crippen LogP contribution in [0.3, 0.4) is 0 Å². The first-order valence-electron chi connectivity index (χ1n) is 7.92. The van der Waals surface area contributed by atoms with Gasteiger partial charge in [-0.15, -0.1) is 0 Å². The quantitative estimate of drug-likeness (QED) is 0.793. The Bertz CT molecular complexity index is 762. The number of anilines is 1. The third-order valence-corrected chi connectivity index (χ3v) is 4.07. The number of carbonyl (C=O) groups is 2. The van der Waals surface area contributed by atoms with E-state index in [1.165, 1.54) is 0 Å². The van der Waals surface area contributed by atoms with Crippen molar-refractivity contribution in [2.75, 3.05) is 19.0 Å². The highest BCUT2D eigenvalue weighted by Crippen LogP contribution is 2.18. The van der Waals surface area contributed by atoms with Crippen LogP contribution in [-0.4, -0.2) is 25.5 Å². The molecule has 0 aliphatic carbocycles. The van der Waals surface area contributed by atoms with Gasteiger partial charge < -0.3 is 15.4 Å². The summed E-state index contributed by atoms with van der Waals surface area (Å²) in [6, 6.07) is 12.5. The minimum absolute atomic E-state index is 0.154. The van der Waals surface area contributed by atoms with E-state index in [4.69, 9.17) is 16.3 Å². The molecule has 2 rings (SSSR count). The molecule has 0 aliphatic heterocycles. The summed E-state index contributed by atoms with van der Waals surface area (Å²) in [6.07, 6.45) is 0.263. The fourth-order valence-electron chi connectivity index (χ4n) is 2.22. The van der Waals surface area contributed by atoms with Gasteiger partial charge in [-0.05, 0) is 36.2 Å². The van der Waals surface area contributed by atoms with Gasteiger partial charge in [0, 0.05) is 29.9 Å². The fraction of sp³-hybridized carbons (Fsp3) is 0.263. The number of benzene rings is 2. The summed E-state index contributed by atoms with van der Waals surface area (Å²) in [5.41, 5.74) is 2.82. The molecule has 2 aromatic rings. The second kappa shape index (κ2) is 9.20. The Labute approximate surface area is 152 Å². The van der Waals surface area contributed by atoms with Crippen LogP contribution in [0.25, 0.3) is 0 Å². The summed E-state index contributed by atoms with van der Waals surface area (Å²) >= 11 is 6.09. The largest absolute Gasteiger partial charge is 0.384 e. The van der Waals surface area contributed by atoms with Crippen molar-refractivity contribution in [3.63, 3.8) is 0 Å². The third-order valence-electron chi connectivity index (χ3n) is 3.70. The predicted octanol–water partition coefficient (Wildman–Crippen LogP) is 3.55. The lowest BCUT2D eigenvalue weighted by Gasteiger charge is -2.11. The van der Waals surface area contributed by atoms with Crippen molar-refractivity contribution >= 4 is 29.1 Å². The van der Waals surface area contributed by atoms with Crippen LogP contribution < -0.4 is 10.6 Å². The minimum Gasteiger partial charge on any atom is -0.384 e. The summed E-state index contributed by atoms with van der Waals surface area (Å²) in [4.78, 5) is 24.2. The summed E-state index contributed by atoms with van der Waals surface area (Å²) in [6.45, 7) is 2.56. The Hall–Kier alpha value is -2.37. The molecule has 0 aliphatic rings. The molecule has 25 heavy (non-hydrogen) atoms. The highest BCUT2D eigenvalue weighted by Gasteiger charge is 2.11. The highest BCUT2D eigenvalue weighted by molar-refractivity contribution is 6.31. The molecule has 0 spiro atoms. The molecule has 0 unspecified atom stereocenters. The number of aryl methyl sites for hydroxylation is 1. The van der Waals surface area contributed by atoms with E-state index in [-0.39, 0.29) is 18.2 Å². The molecular formula is C19H21ClN2O3. The molecule has 0 saturated carbocycles. The molecule has 132 valence electrons. The van der Waals surface area contributed by atoms with Crippen molar-refractivity contribution < 1.29 is 14.3 Å². The number of carbonyl (C=O) groups excluding carboxylic acids is 2. The van der Waals surface area contributed by atoms with Crippen LogP contribution in [0.15, 0.2) is 42.5 Å². The first-order valence-corrected chi connectivity index (χ1v) is 8.30. The van der Waals surface area contributed by atoms with Crippen molar-refractivity contribution in [1.82, 2.24) is 5.32 Å². The Morgan fingerprint density at radius 2 is 1.92 bits per heavy atom. The number of rotatable bonds is 7. The number of halogens is 1. The topological polar surface area (TPSA) is 67.4 Å². The Morgan fingerprint density at radius 3 is 2.64 bits per heavy atom. The Balaban J connectivity index is 2.03. The molecule has 2 amide bonds. The van der Waals surface area contributed by atoms with Crippen LogP contribution in [0.4, 0.5) is 5.69 Å². The van der Waals surface area contributed by atoms with Crippen molar-refractivity contribution in [1.29, 1.82) is 0 Å². The van der Waals surface area contributed by atoms with Crippen molar-refractivity contribution in [2.45, 2.75) is 19.9 Å². The number of methoxy groups -OCH3 is 1. The van der Waals surface area contributed by atoms with Crippen LogP contribution >= 0.6 is 11.6 Å². The van der Waals surface area contributed by atoms with E-state index in [0.29, 0.717) is 29.4 Å². The molecule has 0 atom stereocenters. The normalized spacial score (nSPS) is 10.4. The average Bonchev–Trinajstić information content (AvgIpc) is 2.61. The molecule has 5 nitrogen and oxygen atoms in total. The zero-order valence-electron chi connectivity index (χ0n) is 14.3. The van der Waals surface area contributed by atoms with Crippen molar-refractivity contribution in [2.24, 2.45) is 0 Å². The molecule has 6 heteroatoms. The number of ether oxygens (including phenoxy) is 1. The number of hydrogen-bond acceptors (Lipinski definition) is 3. The number of amides is 2. The number of nitrogens with one attached hydrogen (secondary N) is 2. The minimum atomic E-state index is -0.229. The maximum atomic E-state index is 12.4. The van der Waals surface area contributed by atoms with Gasteiger partial charge in [0.2, 0.25) is 5.91 Å². The van der Waals surface area contributed by atoms with Crippen LogP contribution in [0.2, 0.25) is 5.02 Å². The van der Waals surface area contributed by atoms with Crippen LogP contribution in [0.1, 0.15) is 27.9 Å². The Kier molecular flexibility index (Phi) is 6.98. The maximum Gasteiger partial charge on any atom is 0.251 e. The molecule has 0 heterocycles. The van der Waals surface area contributed by atoms with E-state index < -0.39 is 0 Å². The van der Waals surface area contributed by atoms with Gasteiger partial charge >= 0.3 is 0 Å². The highest BCUT2D eigenvalue weighted by atomic mass is 35.5. The van der Waals surface area contributed by atoms with Crippen LogP contribution in [0.5, 0.6) is 0 Å². The van der Waals surface area contributed by atoms with Crippen LogP contribution in [-0.2, 0) is 16.1 Å². The molecule has 0 saturated heterocycles. The second-order valence-corrected chi connectivity index (χ2v) is 6.00. The Morgan fingerprint density at radius 1 is 1.16 bits per heavy atom. The van der Waals surface area contributed by atoms with Gasteiger partial charge in [0.15, 0.2) is 0 Å². The monoisotopic (exact) mass is 360 g/mol. The molecule has 0 bridgehead atoms. The van der Waals surface area contributed by atoms with Crippen molar-refractivity contribution in [3.8, 4) is 0 Å². The van der Waals surface area contributed by atoms with E-state index in [1.807, 2.05) is 25.1 Å². The van der Waals surface area contributed by atoms with Gasteiger partial charge in [0.05, 0.1) is 13.0 Å². The lowest BCUT2D eigenvalue weighted by molar-refractivity contribution is -0.117. The molecule has 2 aromatic carbocycles. The first-order chi connectivity index (χ1) is 12.0. The first kappa shape index (κ1) is 19.0. The third kappa shape index (κ3) is 5.59. The summed E-state index contributed by atoms with van der Waals surface area (Å²) < 4.78 is 4.89. The zero-order valence-corrected chi connectivity index (χ0v) is 15.0. The van der Waals surface area contributed by atoms with Crippen LogP contribution in [0, 0.1) is 6.92 Å². The summed E-state index contributed by atoms with van der Waals surface area (Å²) in [5, 5.41) is 6.25. The molecule has 0 aromatic heterocycles. The maximum absolute atomic E-state index is 12.4. The lowest BCUT2D eigenvalue weighted by Crippen LogP contribution is -2.23. The standard InChI is InChI=1S/C19H21ClN2O3/c1-13-7-8-14(11-17(13)22-18(23)9-10-25-2)19(24)21-12-15-5-3-4-6-16(15)20/h3-8,11H,9-10,12H2,1-2H3,(H,21,24)(H,22,23). The van der Waals surface area contributed by atoms with E-state index >= 15 is 0 Å². The SMILES string of the molecule is COCCC(=O)Nc1cc(C(=O)NCc2ccccc2Cl)ccc1C. The van der Waals surface area contributed by atoms with Gasteiger partial charge in [-0.1, -0.05) is 35.9 Å². The van der Waals surface area contributed by atoms with Gasteiger partial charge in [-0.3, -0.25) is 9.59 Å². The molecular weight excluding hydrogens is 340 g/mol. The van der Waals surface area contributed by atoms with E-state index in [0.717, 1.165) is 11.1 Å². The average molecular weight is 361 g/mol. The zero-order chi connectivity index (χ0) is 18.2. The van der Waals surface area contributed by atoms with E-state index in [9.17, 15) is 9.59 Å². The van der Waals surface area contributed by atoms with Gasteiger partial charge in [-0.2, -0.15) is 0 Å². The molecule has 2 N–H and O–H groups in total. The van der Waals surface area contributed by atoms with Gasteiger partial charge in [0.1, 0.15) is 0 Å². The number of hydrogen-bond donors (Lipinski definition) is 2. The van der Waals surface area contributed by atoms with E-state index in [1.54, 1.807) is 31.4 Å². The van der Waals surface area contributed by atoms with Gasteiger partial charge in [-0.25, -0.2) is 0 Å². The smallest absolute Gasteiger partial charge is 0.251 e. The molecule has 0 fully saturated rings. The van der Waals surface area contributed by atoms with Gasteiger partial charge in [0.25, 0.3) is 5.91 Å². The van der Waals surface area contributed by atoms with E-state index in [2.05, 4.69) is 10.6 Å². The van der Waals surface area contributed by atoms with Crippen molar-refractivity contribution in [3.05, 3.63) is 64.2 Å². The molecule has 0 radical (unpaired) electrons.